The van der Waals surface area contributed by atoms with Crippen molar-refractivity contribution >= 4 is 38.6 Å². The lowest BCUT2D eigenvalue weighted by atomic mass is 10.2. The smallest absolute Gasteiger partial charge is 0.292 e. The molecule has 1 aromatic carbocycles. The Morgan fingerprint density at radius 3 is 2.90 bits per heavy atom. The zero-order valence-corrected chi connectivity index (χ0v) is 13.5. The second kappa shape index (κ2) is 6.32. The third-order valence-corrected chi connectivity index (χ3v) is 4.64. The van der Waals surface area contributed by atoms with Gasteiger partial charge in [0.2, 0.25) is 0 Å². The second-order valence-electron chi connectivity index (χ2n) is 4.30. The number of nitro groups is 1. The summed E-state index contributed by atoms with van der Waals surface area (Å²) in [5.74, 6) is 0. The summed E-state index contributed by atoms with van der Waals surface area (Å²) in [7, 11) is 0. The van der Waals surface area contributed by atoms with Gasteiger partial charge in [-0.3, -0.25) is 10.1 Å². The monoisotopic (exact) mass is 355 g/mol. The van der Waals surface area contributed by atoms with Crippen molar-refractivity contribution in [2.75, 3.05) is 5.32 Å². The second-order valence-corrected chi connectivity index (χ2v) is 6.37. The van der Waals surface area contributed by atoms with E-state index in [2.05, 4.69) is 33.2 Å². The van der Waals surface area contributed by atoms with E-state index in [9.17, 15) is 10.1 Å². The van der Waals surface area contributed by atoms with Gasteiger partial charge in [-0.25, -0.2) is 4.98 Å². The predicted molar refractivity (Wildman–Crippen MR) is 84.3 cm³/mol. The lowest BCUT2D eigenvalue weighted by Gasteiger charge is -2.13. The minimum absolute atomic E-state index is 0.0623. The number of aromatic nitrogens is 1. The van der Waals surface area contributed by atoms with Crippen molar-refractivity contribution in [1.29, 1.82) is 0 Å². The van der Waals surface area contributed by atoms with Crippen LogP contribution in [0.2, 0.25) is 0 Å². The molecule has 2 aromatic rings. The minimum Gasteiger partial charge on any atom is -0.370 e. The molecular weight excluding hydrogens is 342 g/mol. The predicted octanol–water partition coefficient (Wildman–Crippen LogP) is 4.55. The van der Waals surface area contributed by atoms with Crippen LogP contribution in [0.5, 0.6) is 0 Å². The van der Waals surface area contributed by atoms with Crippen molar-refractivity contribution in [3.8, 4) is 0 Å². The van der Waals surface area contributed by atoms with Crippen LogP contribution in [0.4, 0.5) is 11.4 Å². The number of nitrogens with one attached hydrogen (secondary N) is 1. The van der Waals surface area contributed by atoms with E-state index in [4.69, 9.17) is 0 Å². The van der Waals surface area contributed by atoms with Crippen LogP contribution in [0.25, 0.3) is 0 Å². The van der Waals surface area contributed by atoms with Gasteiger partial charge < -0.3 is 5.32 Å². The van der Waals surface area contributed by atoms with Gasteiger partial charge in [-0.1, -0.05) is 22.9 Å². The topological polar surface area (TPSA) is 68.1 Å². The van der Waals surface area contributed by atoms with Crippen LogP contribution in [0.3, 0.4) is 0 Å². The molecule has 0 aliphatic carbocycles. The van der Waals surface area contributed by atoms with E-state index in [1.54, 1.807) is 23.5 Å². The van der Waals surface area contributed by atoms with Gasteiger partial charge in [0.15, 0.2) is 0 Å². The average molecular weight is 356 g/mol. The highest BCUT2D eigenvalue weighted by molar-refractivity contribution is 9.10. The molecule has 0 radical (unpaired) electrons. The van der Waals surface area contributed by atoms with E-state index in [1.807, 2.05) is 13.1 Å². The number of halogens is 1. The largest absolute Gasteiger partial charge is 0.370 e. The summed E-state index contributed by atoms with van der Waals surface area (Å²) >= 11 is 4.95. The Morgan fingerprint density at radius 1 is 1.55 bits per heavy atom. The molecule has 0 aliphatic rings. The van der Waals surface area contributed by atoms with Crippen LogP contribution in [0, 0.1) is 10.1 Å². The van der Waals surface area contributed by atoms with Crippen molar-refractivity contribution in [3.05, 3.63) is 48.9 Å². The number of hydrogen-bond donors (Lipinski definition) is 1. The average Bonchev–Trinajstić information content (AvgIpc) is 2.87. The van der Waals surface area contributed by atoms with Crippen molar-refractivity contribution in [2.24, 2.45) is 0 Å². The summed E-state index contributed by atoms with van der Waals surface area (Å²) in [4.78, 5) is 16.2. The van der Waals surface area contributed by atoms with Gasteiger partial charge in [-0.05, 0) is 25.5 Å². The molecule has 0 bridgehead atoms. The maximum Gasteiger partial charge on any atom is 0.292 e. The maximum absolute atomic E-state index is 11.0. The molecule has 0 aliphatic heterocycles. The highest BCUT2D eigenvalue weighted by Gasteiger charge is 2.17. The molecule has 106 valence electrons. The maximum atomic E-state index is 11.0. The van der Waals surface area contributed by atoms with Crippen LogP contribution in [-0.4, -0.2) is 9.91 Å². The van der Waals surface area contributed by atoms with Gasteiger partial charge in [0, 0.05) is 21.6 Å². The molecule has 2 rings (SSSR count). The van der Waals surface area contributed by atoms with Gasteiger partial charge in [-0.2, -0.15) is 0 Å². The molecule has 1 aromatic heterocycles. The molecule has 1 N–H and O–H groups in total. The zero-order valence-electron chi connectivity index (χ0n) is 11.1. The van der Waals surface area contributed by atoms with Crippen LogP contribution < -0.4 is 5.32 Å². The number of thiazole rings is 1. The zero-order chi connectivity index (χ0) is 14.7. The summed E-state index contributed by atoms with van der Waals surface area (Å²) in [5.41, 5.74) is 0.553. The number of nitro benzene ring substituents is 1. The number of anilines is 1. The Hall–Kier alpha value is -1.47. The first-order chi connectivity index (χ1) is 9.51. The van der Waals surface area contributed by atoms with Crippen molar-refractivity contribution in [3.63, 3.8) is 0 Å². The Labute approximate surface area is 129 Å². The summed E-state index contributed by atoms with van der Waals surface area (Å²) in [6.45, 7) is 4.03. The summed E-state index contributed by atoms with van der Waals surface area (Å²) in [6, 6.07) is 4.78. The molecule has 0 saturated carbocycles. The Bertz CT molecular complexity index is 630. The highest BCUT2D eigenvalue weighted by Crippen LogP contribution is 2.31. The van der Waals surface area contributed by atoms with E-state index in [-0.39, 0.29) is 16.7 Å². The van der Waals surface area contributed by atoms with E-state index in [0.29, 0.717) is 5.69 Å². The molecule has 1 heterocycles. The lowest BCUT2D eigenvalue weighted by molar-refractivity contribution is -0.384. The SMILES string of the molecule is CCc1cnc(C(C)Nc2cc(Br)ccc2[N+](=O)[O-])s1. The van der Waals surface area contributed by atoms with Crippen LogP contribution in [0.15, 0.2) is 28.9 Å². The molecule has 5 nitrogen and oxygen atoms in total. The summed E-state index contributed by atoms with van der Waals surface area (Å²) < 4.78 is 0.797. The molecule has 1 atom stereocenters. The van der Waals surface area contributed by atoms with Crippen LogP contribution >= 0.6 is 27.3 Å². The molecule has 0 amide bonds. The Balaban J connectivity index is 2.24. The number of aryl methyl sites for hydroxylation is 1. The number of rotatable bonds is 5. The molecule has 0 fully saturated rings. The number of hydrogen-bond acceptors (Lipinski definition) is 5. The quantitative estimate of drug-likeness (QED) is 0.630. The lowest BCUT2D eigenvalue weighted by Crippen LogP contribution is -2.08. The van der Waals surface area contributed by atoms with Crippen molar-refractivity contribution in [1.82, 2.24) is 4.98 Å². The van der Waals surface area contributed by atoms with Crippen LogP contribution in [-0.2, 0) is 6.42 Å². The van der Waals surface area contributed by atoms with Crippen molar-refractivity contribution in [2.45, 2.75) is 26.3 Å². The van der Waals surface area contributed by atoms with E-state index in [1.165, 1.54) is 10.9 Å². The molecule has 0 saturated heterocycles. The van der Waals surface area contributed by atoms with Gasteiger partial charge in [-0.15, -0.1) is 11.3 Å². The Morgan fingerprint density at radius 2 is 2.30 bits per heavy atom. The molecule has 0 spiro atoms. The fourth-order valence-corrected chi connectivity index (χ4v) is 2.98. The molecule has 7 heteroatoms. The molecular formula is C13H14BrN3O2S. The number of nitrogens with zero attached hydrogens (tertiary/aromatic N) is 2. The minimum atomic E-state index is -0.388. The third kappa shape index (κ3) is 3.34. The third-order valence-electron chi connectivity index (χ3n) is 2.82. The van der Waals surface area contributed by atoms with E-state index in [0.717, 1.165) is 15.9 Å². The highest BCUT2D eigenvalue weighted by atomic mass is 79.9. The van der Waals surface area contributed by atoms with Crippen molar-refractivity contribution < 1.29 is 4.92 Å². The van der Waals surface area contributed by atoms with E-state index >= 15 is 0 Å². The Kier molecular flexibility index (Phi) is 4.72. The first-order valence-electron chi connectivity index (χ1n) is 6.16. The summed E-state index contributed by atoms with van der Waals surface area (Å²) in [6.07, 6.45) is 2.80. The fourth-order valence-electron chi connectivity index (χ4n) is 1.76. The van der Waals surface area contributed by atoms with E-state index < -0.39 is 0 Å². The first kappa shape index (κ1) is 14.9. The number of benzene rings is 1. The van der Waals surface area contributed by atoms with Gasteiger partial charge in [0.1, 0.15) is 10.7 Å². The van der Waals surface area contributed by atoms with Crippen LogP contribution in [0.1, 0.15) is 29.8 Å². The molecule has 20 heavy (non-hydrogen) atoms. The van der Waals surface area contributed by atoms with Gasteiger partial charge >= 0.3 is 0 Å². The fraction of sp³-hybridized carbons (Fsp3) is 0.308. The normalized spacial score (nSPS) is 12.2. The van der Waals surface area contributed by atoms with Gasteiger partial charge in [0.25, 0.3) is 5.69 Å². The van der Waals surface area contributed by atoms with Gasteiger partial charge in [0.05, 0.1) is 11.0 Å². The first-order valence-corrected chi connectivity index (χ1v) is 7.77. The standard InChI is InChI=1S/C13H14BrN3O2S/c1-3-10-7-15-13(20-10)8(2)16-11-6-9(14)4-5-12(11)17(18)19/h4-8,16H,3H2,1-2H3. The summed E-state index contributed by atoms with van der Waals surface area (Å²) in [5, 5.41) is 15.1. The molecule has 1 unspecified atom stereocenters.